The second-order valence-corrected chi connectivity index (χ2v) is 5.67. The number of aromatic nitrogens is 1. The Morgan fingerprint density at radius 3 is 2.76 bits per heavy atom. The first-order valence-electron chi connectivity index (χ1n) is 7.88. The van der Waals surface area contributed by atoms with Crippen LogP contribution in [0.25, 0.3) is 22.0 Å². The van der Waals surface area contributed by atoms with E-state index in [2.05, 4.69) is 4.98 Å². The van der Waals surface area contributed by atoms with Gasteiger partial charge in [-0.3, -0.25) is 4.79 Å². The van der Waals surface area contributed by atoms with Gasteiger partial charge >= 0.3 is 0 Å². The zero-order valence-corrected chi connectivity index (χ0v) is 14.1. The van der Waals surface area contributed by atoms with Crippen molar-refractivity contribution in [3.05, 3.63) is 58.1 Å². The molecule has 0 radical (unpaired) electrons. The zero-order valence-electron chi connectivity index (χ0n) is 14.1. The summed E-state index contributed by atoms with van der Waals surface area (Å²) in [6.07, 6.45) is 0. The van der Waals surface area contributed by atoms with Crippen molar-refractivity contribution < 1.29 is 13.9 Å². The average molecular weight is 342 g/mol. The van der Waals surface area contributed by atoms with Crippen molar-refractivity contribution >= 4 is 10.8 Å². The van der Waals surface area contributed by atoms with E-state index in [4.69, 9.17) is 15.2 Å². The Morgan fingerprint density at radius 1 is 1.24 bits per heavy atom. The number of rotatable bonds is 5. The van der Waals surface area contributed by atoms with E-state index in [0.29, 0.717) is 34.7 Å². The molecule has 25 heavy (non-hydrogen) atoms. The van der Waals surface area contributed by atoms with Crippen LogP contribution in [-0.2, 0) is 0 Å². The summed E-state index contributed by atoms with van der Waals surface area (Å²) in [6, 6.07) is 9.86. The lowest BCUT2D eigenvalue weighted by Crippen LogP contribution is -2.15. The van der Waals surface area contributed by atoms with Crippen molar-refractivity contribution in [1.82, 2.24) is 4.98 Å². The van der Waals surface area contributed by atoms with E-state index in [-0.39, 0.29) is 17.6 Å². The van der Waals surface area contributed by atoms with Crippen LogP contribution in [0.2, 0.25) is 0 Å². The van der Waals surface area contributed by atoms with Crippen molar-refractivity contribution in [2.45, 2.75) is 6.92 Å². The number of fused-ring (bicyclic) bond motifs is 1. The number of pyridine rings is 1. The van der Waals surface area contributed by atoms with E-state index in [1.54, 1.807) is 20.1 Å². The fraction of sp³-hybridized carbons (Fsp3) is 0.211. The maximum absolute atomic E-state index is 13.8. The molecule has 0 aliphatic carbocycles. The molecule has 130 valence electrons. The van der Waals surface area contributed by atoms with Crippen molar-refractivity contribution in [2.24, 2.45) is 5.73 Å². The van der Waals surface area contributed by atoms with E-state index in [9.17, 15) is 9.18 Å². The Labute approximate surface area is 144 Å². The molecule has 3 N–H and O–H groups in total. The third-order valence-corrected chi connectivity index (χ3v) is 3.96. The first-order chi connectivity index (χ1) is 12.0. The summed E-state index contributed by atoms with van der Waals surface area (Å²) in [5.74, 6) is 0.666. The van der Waals surface area contributed by atoms with Crippen LogP contribution in [0.15, 0.2) is 41.2 Å². The molecule has 0 fully saturated rings. The highest BCUT2D eigenvalue weighted by molar-refractivity contribution is 5.95. The molecular formula is C19H19FN2O3. The first kappa shape index (κ1) is 17.0. The van der Waals surface area contributed by atoms with Crippen LogP contribution in [-0.4, -0.2) is 25.2 Å². The van der Waals surface area contributed by atoms with Crippen LogP contribution >= 0.6 is 0 Å². The molecule has 0 aliphatic heterocycles. The number of nitrogens with one attached hydrogen (secondary N) is 1. The number of aromatic amines is 1. The predicted octanol–water partition coefficient (Wildman–Crippen LogP) is 2.99. The fourth-order valence-electron chi connectivity index (χ4n) is 2.87. The molecule has 0 bridgehead atoms. The van der Waals surface area contributed by atoms with Gasteiger partial charge < -0.3 is 20.2 Å². The molecule has 0 saturated heterocycles. The Bertz CT molecular complexity index is 982. The maximum atomic E-state index is 13.8. The fourth-order valence-corrected chi connectivity index (χ4v) is 2.87. The maximum Gasteiger partial charge on any atom is 0.256 e. The zero-order chi connectivity index (χ0) is 18.0. The first-order valence-corrected chi connectivity index (χ1v) is 7.88. The third kappa shape index (κ3) is 3.21. The summed E-state index contributed by atoms with van der Waals surface area (Å²) >= 11 is 0. The molecule has 3 aromatic rings. The van der Waals surface area contributed by atoms with Gasteiger partial charge in [0.15, 0.2) is 5.75 Å². The van der Waals surface area contributed by atoms with E-state index in [0.717, 1.165) is 5.56 Å². The molecule has 0 atom stereocenters. The van der Waals surface area contributed by atoms with Crippen LogP contribution in [0.5, 0.6) is 11.5 Å². The largest absolute Gasteiger partial charge is 0.497 e. The minimum atomic E-state index is -0.464. The van der Waals surface area contributed by atoms with E-state index < -0.39 is 5.82 Å². The Balaban J connectivity index is 2.36. The summed E-state index contributed by atoms with van der Waals surface area (Å²) < 4.78 is 24.9. The number of benzene rings is 2. The smallest absolute Gasteiger partial charge is 0.256 e. The van der Waals surface area contributed by atoms with Gasteiger partial charge in [-0.1, -0.05) is 12.1 Å². The second-order valence-electron chi connectivity index (χ2n) is 5.67. The molecule has 5 nitrogen and oxygen atoms in total. The Kier molecular flexibility index (Phi) is 4.72. The minimum absolute atomic E-state index is 0.246. The molecule has 0 amide bonds. The molecule has 1 heterocycles. The number of halogens is 1. The standard InChI is InChI=1S/C19H19FN2O3/c1-11-8-13(20)10-15-16(11)18(25-7-6-21)17(22-19(15)23)12-4-3-5-14(9-12)24-2/h3-5,8-10H,6-7,21H2,1-2H3,(H,22,23). The van der Waals surface area contributed by atoms with Crippen LogP contribution in [0.1, 0.15) is 5.56 Å². The predicted molar refractivity (Wildman–Crippen MR) is 95.8 cm³/mol. The van der Waals surface area contributed by atoms with Gasteiger partial charge in [-0.2, -0.15) is 0 Å². The third-order valence-electron chi connectivity index (χ3n) is 3.96. The normalized spacial score (nSPS) is 10.9. The van der Waals surface area contributed by atoms with Gasteiger partial charge in [0, 0.05) is 17.5 Å². The Hall–Kier alpha value is -2.86. The van der Waals surface area contributed by atoms with Gasteiger partial charge in [0.1, 0.15) is 18.2 Å². The van der Waals surface area contributed by atoms with Crippen LogP contribution in [0, 0.1) is 12.7 Å². The topological polar surface area (TPSA) is 77.3 Å². The average Bonchev–Trinajstić information content (AvgIpc) is 2.61. The van der Waals surface area contributed by atoms with E-state index in [1.165, 1.54) is 12.1 Å². The van der Waals surface area contributed by atoms with Gasteiger partial charge in [0.25, 0.3) is 5.56 Å². The van der Waals surface area contributed by atoms with Gasteiger partial charge in [-0.05, 0) is 36.8 Å². The number of H-pyrrole nitrogens is 1. The van der Waals surface area contributed by atoms with E-state index in [1.807, 2.05) is 18.2 Å². The van der Waals surface area contributed by atoms with Gasteiger partial charge in [0.2, 0.25) is 0 Å². The molecule has 3 rings (SSSR count). The molecule has 0 unspecified atom stereocenters. The van der Waals surface area contributed by atoms with Crippen molar-refractivity contribution in [2.75, 3.05) is 20.3 Å². The highest BCUT2D eigenvalue weighted by Gasteiger charge is 2.17. The number of aryl methyl sites for hydroxylation is 1. The summed E-state index contributed by atoms with van der Waals surface area (Å²) in [4.78, 5) is 15.3. The molecule has 0 saturated carbocycles. The molecule has 6 heteroatoms. The monoisotopic (exact) mass is 342 g/mol. The van der Waals surface area contributed by atoms with Crippen molar-refractivity contribution in [1.29, 1.82) is 0 Å². The molecule has 0 aliphatic rings. The summed E-state index contributed by atoms with van der Waals surface area (Å²) in [6.45, 7) is 2.34. The lowest BCUT2D eigenvalue weighted by molar-refractivity contribution is 0.332. The van der Waals surface area contributed by atoms with Crippen LogP contribution in [0.3, 0.4) is 0 Å². The lowest BCUT2D eigenvalue weighted by Gasteiger charge is -2.16. The highest BCUT2D eigenvalue weighted by atomic mass is 19.1. The summed E-state index contributed by atoms with van der Waals surface area (Å²) in [5, 5.41) is 0.826. The number of hydrogen-bond donors (Lipinski definition) is 2. The summed E-state index contributed by atoms with van der Waals surface area (Å²) in [5.41, 5.74) is 7.06. The number of ether oxygens (including phenoxy) is 2. The SMILES string of the molecule is COc1cccc(-c2[nH]c(=O)c3cc(F)cc(C)c3c2OCCN)c1. The van der Waals surface area contributed by atoms with Gasteiger partial charge in [-0.15, -0.1) is 0 Å². The van der Waals surface area contributed by atoms with Crippen molar-refractivity contribution in [3.63, 3.8) is 0 Å². The molecule has 0 spiro atoms. The van der Waals surface area contributed by atoms with Crippen LogP contribution < -0.4 is 20.8 Å². The van der Waals surface area contributed by atoms with Gasteiger partial charge in [0.05, 0.1) is 18.2 Å². The highest BCUT2D eigenvalue weighted by Crippen LogP contribution is 2.36. The second kappa shape index (κ2) is 6.94. The quantitative estimate of drug-likeness (QED) is 0.747. The lowest BCUT2D eigenvalue weighted by atomic mass is 10.0. The summed E-state index contributed by atoms with van der Waals surface area (Å²) in [7, 11) is 1.57. The van der Waals surface area contributed by atoms with E-state index >= 15 is 0 Å². The molecule has 2 aromatic carbocycles. The Morgan fingerprint density at radius 2 is 2.04 bits per heavy atom. The number of methoxy groups -OCH3 is 1. The van der Waals surface area contributed by atoms with Gasteiger partial charge in [-0.25, -0.2) is 4.39 Å². The number of hydrogen-bond acceptors (Lipinski definition) is 4. The molecule has 1 aromatic heterocycles. The molecular weight excluding hydrogens is 323 g/mol. The number of nitrogens with two attached hydrogens (primary N) is 1. The van der Waals surface area contributed by atoms with Crippen molar-refractivity contribution in [3.8, 4) is 22.8 Å². The minimum Gasteiger partial charge on any atom is -0.497 e. The van der Waals surface area contributed by atoms with Crippen LogP contribution in [0.4, 0.5) is 4.39 Å².